The molecule has 6 nitrogen and oxygen atoms in total. The van der Waals surface area contributed by atoms with Crippen molar-refractivity contribution >= 4 is 21.6 Å². The van der Waals surface area contributed by atoms with Crippen LogP contribution in [0.5, 0.6) is 0 Å². The molecule has 7 heteroatoms. The lowest BCUT2D eigenvalue weighted by Crippen LogP contribution is -2.35. The van der Waals surface area contributed by atoms with E-state index in [0.717, 1.165) is 5.56 Å². The van der Waals surface area contributed by atoms with Crippen molar-refractivity contribution in [2.24, 2.45) is 0 Å². The predicted molar refractivity (Wildman–Crippen MR) is 97.2 cm³/mol. The van der Waals surface area contributed by atoms with Crippen molar-refractivity contribution in [3.8, 4) is 0 Å². The molecule has 0 bridgehead atoms. The molecule has 25 heavy (non-hydrogen) atoms. The third kappa shape index (κ3) is 4.80. The lowest BCUT2D eigenvalue weighted by molar-refractivity contribution is 0.0921. The fraction of sp³-hybridized carbons (Fsp3) is 0.278. The Labute approximate surface area is 147 Å². The summed E-state index contributed by atoms with van der Waals surface area (Å²) in [5.41, 5.74) is 2.30. The first-order chi connectivity index (χ1) is 11.7. The molecule has 0 fully saturated rings. The molecular formula is C18H22N2O4S. The second-order valence-corrected chi connectivity index (χ2v) is 7.69. The zero-order valence-corrected chi connectivity index (χ0v) is 15.2. The molecule has 2 rings (SSSR count). The van der Waals surface area contributed by atoms with Crippen LogP contribution in [0.4, 0.5) is 5.69 Å². The summed E-state index contributed by atoms with van der Waals surface area (Å²) < 4.78 is 27.7. The van der Waals surface area contributed by atoms with Crippen LogP contribution in [0.2, 0.25) is 0 Å². The number of sulfonamides is 1. The topological polar surface area (TPSA) is 95.5 Å². The van der Waals surface area contributed by atoms with Gasteiger partial charge in [-0.05, 0) is 56.2 Å². The molecule has 0 aliphatic rings. The van der Waals surface area contributed by atoms with E-state index in [0.29, 0.717) is 11.3 Å². The Hall–Kier alpha value is -2.38. The van der Waals surface area contributed by atoms with Crippen LogP contribution < -0.4 is 10.0 Å². The van der Waals surface area contributed by atoms with E-state index in [2.05, 4.69) is 10.0 Å². The normalized spacial score (nSPS) is 12.5. The zero-order valence-electron chi connectivity index (χ0n) is 14.4. The van der Waals surface area contributed by atoms with Crippen molar-refractivity contribution in [2.75, 3.05) is 11.3 Å². The Bertz CT molecular complexity index is 878. The molecule has 2 aromatic rings. The minimum atomic E-state index is -3.82. The largest absolute Gasteiger partial charge is 0.394 e. The quantitative estimate of drug-likeness (QED) is 0.734. The minimum Gasteiger partial charge on any atom is -0.394 e. The molecule has 3 N–H and O–H groups in total. The Balaban J connectivity index is 2.32. The number of carbonyl (C=O) groups is 1. The monoisotopic (exact) mass is 362 g/mol. The summed E-state index contributed by atoms with van der Waals surface area (Å²) in [6.45, 7) is 5.06. The first-order valence-electron chi connectivity index (χ1n) is 7.85. The van der Waals surface area contributed by atoms with Gasteiger partial charge in [0.25, 0.3) is 15.9 Å². The van der Waals surface area contributed by atoms with Gasteiger partial charge in [-0.3, -0.25) is 9.52 Å². The van der Waals surface area contributed by atoms with Crippen molar-refractivity contribution in [1.29, 1.82) is 0 Å². The van der Waals surface area contributed by atoms with Gasteiger partial charge >= 0.3 is 0 Å². The average molecular weight is 362 g/mol. The molecule has 0 aliphatic carbocycles. The molecule has 1 unspecified atom stereocenters. The van der Waals surface area contributed by atoms with Gasteiger partial charge in [-0.25, -0.2) is 8.42 Å². The SMILES string of the molecule is Cc1cccc(NS(=O)(=O)c2ccc(C)c(C(=O)NC(C)CO)c2)c1. The Morgan fingerprint density at radius 1 is 1.16 bits per heavy atom. The molecule has 1 atom stereocenters. The van der Waals surface area contributed by atoms with Gasteiger partial charge in [0.2, 0.25) is 0 Å². The smallest absolute Gasteiger partial charge is 0.261 e. The third-order valence-corrected chi connectivity index (χ3v) is 5.06. The van der Waals surface area contributed by atoms with Crippen LogP contribution in [-0.4, -0.2) is 32.1 Å². The van der Waals surface area contributed by atoms with Gasteiger partial charge in [0, 0.05) is 17.3 Å². The fourth-order valence-corrected chi connectivity index (χ4v) is 3.36. The summed E-state index contributed by atoms with van der Waals surface area (Å²) in [4.78, 5) is 12.3. The standard InChI is InChI=1S/C18H22N2O4S/c1-12-5-4-6-15(9-12)20-25(23,24)16-8-7-13(2)17(10-16)18(22)19-14(3)11-21/h4-10,14,20-21H,11H2,1-3H3,(H,19,22). The number of amides is 1. The third-order valence-electron chi connectivity index (χ3n) is 3.69. The van der Waals surface area contributed by atoms with Crippen LogP contribution in [0.25, 0.3) is 0 Å². The number of benzene rings is 2. The fourth-order valence-electron chi connectivity index (χ4n) is 2.28. The van der Waals surface area contributed by atoms with E-state index >= 15 is 0 Å². The van der Waals surface area contributed by atoms with Gasteiger partial charge in [0.1, 0.15) is 0 Å². The van der Waals surface area contributed by atoms with Crippen molar-refractivity contribution < 1.29 is 18.3 Å². The predicted octanol–water partition coefficient (Wildman–Crippen LogP) is 2.21. The second-order valence-electron chi connectivity index (χ2n) is 6.01. The van der Waals surface area contributed by atoms with Gasteiger partial charge in [0.15, 0.2) is 0 Å². The molecule has 0 heterocycles. The highest BCUT2D eigenvalue weighted by Crippen LogP contribution is 2.20. The number of nitrogens with one attached hydrogen (secondary N) is 2. The van der Waals surface area contributed by atoms with Crippen LogP contribution in [0.15, 0.2) is 47.4 Å². The van der Waals surface area contributed by atoms with Crippen LogP contribution in [0.1, 0.15) is 28.4 Å². The number of carbonyl (C=O) groups excluding carboxylic acids is 1. The summed E-state index contributed by atoms with van der Waals surface area (Å²) in [6, 6.07) is 11.0. The lowest BCUT2D eigenvalue weighted by Gasteiger charge is -2.14. The van der Waals surface area contributed by atoms with Crippen LogP contribution in [0, 0.1) is 13.8 Å². The lowest BCUT2D eigenvalue weighted by atomic mass is 10.1. The molecule has 0 spiro atoms. The number of rotatable bonds is 6. The van der Waals surface area contributed by atoms with E-state index in [1.54, 1.807) is 38.1 Å². The van der Waals surface area contributed by atoms with Crippen LogP contribution >= 0.6 is 0 Å². The first kappa shape index (κ1) is 19.0. The van der Waals surface area contributed by atoms with Gasteiger partial charge < -0.3 is 10.4 Å². The van der Waals surface area contributed by atoms with Crippen LogP contribution in [-0.2, 0) is 10.0 Å². The summed E-state index contributed by atoms with van der Waals surface area (Å²) in [5, 5.41) is 11.7. The number of aliphatic hydroxyl groups excluding tert-OH is 1. The Kier molecular flexibility index (Phi) is 5.81. The van der Waals surface area contributed by atoms with E-state index in [-0.39, 0.29) is 17.1 Å². The van der Waals surface area contributed by atoms with Crippen molar-refractivity contribution in [2.45, 2.75) is 31.7 Å². The zero-order chi connectivity index (χ0) is 18.6. The summed E-state index contributed by atoms with van der Waals surface area (Å²) in [5.74, 6) is -0.424. The van der Waals surface area contributed by atoms with E-state index in [1.165, 1.54) is 12.1 Å². The molecule has 0 aromatic heterocycles. The molecule has 0 saturated heterocycles. The highest BCUT2D eigenvalue weighted by Gasteiger charge is 2.19. The number of aliphatic hydroxyl groups is 1. The highest BCUT2D eigenvalue weighted by atomic mass is 32.2. The maximum absolute atomic E-state index is 12.6. The number of anilines is 1. The molecule has 0 radical (unpaired) electrons. The van der Waals surface area contributed by atoms with E-state index in [1.807, 2.05) is 13.0 Å². The summed E-state index contributed by atoms with van der Waals surface area (Å²) in [7, 11) is -3.82. The Morgan fingerprint density at radius 2 is 1.88 bits per heavy atom. The molecular weight excluding hydrogens is 340 g/mol. The average Bonchev–Trinajstić information content (AvgIpc) is 2.54. The summed E-state index contributed by atoms with van der Waals surface area (Å²) >= 11 is 0. The molecule has 0 saturated carbocycles. The Morgan fingerprint density at radius 3 is 2.52 bits per heavy atom. The maximum Gasteiger partial charge on any atom is 0.261 e. The van der Waals surface area contributed by atoms with Crippen molar-refractivity contribution in [3.05, 3.63) is 59.2 Å². The van der Waals surface area contributed by atoms with E-state index in [4.69, 9.17) is 5.11 Å². The molecule has 1 amide bonds. The van der Waals surface area contributed by atoms with Gasteiger partial charge in [-0.1, -0.05) is 18.2 Å². The van der Waals surface area contributed by atoms with E-state index < -0.39 is 22.0 Å². The number of hydrogen-bond acceptors (Lipinski definition) is 4. The second kappa shape index (κ2) is 7.67. The number of hydrogen-bond donors (Lipinski definition) is 3. The highest BCUT2D eigenvalue weighted by molar-refractivity contribution is 7.92. The van der Waals surface area contributed by atoms with Crippen molar-refractivity contribution in [3.63, 3.8) is 0 Å². The molecule has 134 valence electrons. The minimum absolute atomic E-state index is 0.00130. The molecule has 0 aliphatic heterocycles. The molecule has 2 aromatic carbocycles. The first-order valence-corrected chi connectivity index (χ1v) is 9.33. The van der Waals surface area contributed by atoms with Gasteiger partial charge in [0.05, 0.1) is 11.5 Å². The van der Waals surface area contributed by atoms with Gasteiger partial charge in [-0.15, -0.1) is 0 Å². The van der Waals surface area contributed by atoms with Crippen LogP contribution in [0.3, 0.4) is 0 Å². The number of aryl methyl sites for hydroxylation is 2. The van der Waals surface area contributed by atoms with Gasteiger partial charge in [-0.2, -0.15) is 0 Å². The summed E-state index contributed by atoms with van der Waals surface area (Å²) in [6.07, 6.45) is 0. The maximum atomic E-state index is 12.6. The van der Waals surface area contributed by atoms with E-state index in [9.17, 15) is 13.2 Å². The van der Waals surface area contributed by atoms with Crippen molar-refractivity contribution in [1.82, 2.24) is 5.32 Å².